The maximum Gasteiger partial charge on any atom is 0.242 e. The van der Waals surface area contributed by atoms with Gasteiger partial charge in [0.05, 0.1) is 11.9 Å². The summed E-state index contributed by atoms with van der Waals surface area (Å²) in [5.74, 6) is -0.519. The maximum absolute atomic E-state index is 13.7. The van der Waals surface area contributed by atoms with Crippen molar-refractivity contribution in [1.82, 2.24) is 10.2 Å². The Morgan fingerprint density at radius 3 is 2.24 bits per heavy atom. The standard InChI is InChI=1S/C29H34ClN3O4S/c1-22-11-7-8-16-26(22)33(38(3,36)37)18-10-17-28(34)32(21-24-14-9-15-25(30)19-24)27(29(35)31-2)20-23-12-5-4-6-13-23/h4-9,11-16,19,27H,10,17-18,20-21H2,1-3H3,(H,31,35). The Labute approximate surface area is 230 Å². The largest absolute Gasteiger partial charge is 0.357 e. The Balaban J connectivity index is 1.85. The molecule has 0 heterocycles. The van der Waals surface area contributed by atoms with Crippen molar-refractivity contribution in [1.29, 1.82) is 0 Å². The van der Waals surface area contributed by atoms with Gasteiger partial charge in [-0.1, -0.05) is 72.3 Å². The molecule has 3 aromatic rings. The monoisotopic (exact) mass is 555 g/mol. The van der Waals surface area contributed by atoms with E-state index in [0.717, 1.165) is 22.9 Å². The lowest BCUT2D eigenvalue weighted by molar-refractivity contribution is -0.141. The fourth-order valence-corrected chi connectivity index (χ4v) is 5.61. The fourth-order valence-electron chi connectivity index (χ4n) is 4.38. The molecule has 202 valence electrons. The molecule has 0 bridgehead atoms. The number of hydrogen-bond acceptors (Lipinski definition) is 4. The fraction of sp³-hybridized carbons (Fsp3) is 0.310. The third-order valence-electron chi connectivity index (χ3n) is 6.30. The van der Waals surface area contributed by atoms with Crippen molar-refractivity contribution in [3.05, 3.63) is 101 Å². The molecule has 1 atom stereocenters. The predicted octanol–water partition coefficient (Wildman–Crippen LogP) is 4.58. The van der Waals surface area contributed by atoms with Crippen LogP contribution >= 0.6 is 11.6 Å². The van der Waals surface area contributed by atoms with Gasteiger partial charge in [-0.3, -0.25) is 13.9 Å². The molecule has 0 aromatic heterocycles. The first kappa shape index (κ1) is 29.2. The van der Waals surface area contributed by atoms with Crippen LogP contribution in [0.2, 0.25) is 5.02 Å². The van der Waals surface area contributed by atoms with E-state index in [2.05, 4.69) is 5.32 Å². The van der Waals surface area contributed by atoms with Crippen molar-refractivity contribution >= 4 is 39.1 Å². The molecule has 0 aliphatic heterocycles. The van der Waals surface area contributed by atoms with Gasteiger partial charge in [-0.25, -0.2) is 8.42 Å². The molecule has 9 heteroatoms. The number of hydrogen-bond donors (Lipinski definition) is 1. The van der Waals surface area contributed by atoms with Crippen molar-refractivity contribution in [2.75, 3.05) is 24.2 Å². The summed E-state index contributed by atoms with van der Waals surface area (Å²) in [7, 11) is -2.01. The summed E-state index contributed by atoms with van der Waals surface area (Å²) in [5, 5.41) is 3.23. The number of carbonyl (C=O) groups excluding carboxylic acids is 2. The van der Waals surface area contributed by atoms with Gasteiger partial charge in [0.1, 0.15) is 6.04 Å². The van der Waals surface area contributed by atoms with Gasteiger partial charge in [0.25, 0.3) is 0 Å². The van der Waals surface area contributed by atoms with Gasteiger partial charge in [0.15, 0.2) is 0 Å². The lowest BCUT2D eigenvalue weighted by Gasteiger charge is -2.31. The lowest BCUT2D eigenvalue weighted by Crippen LogP contribution is -2.49. The first-order valence-corrected chi connectivity index (χ1v) is 14.7. The number of benzene rings is 3. The average Bonchev–Trinajstić information content (AvgIpc) is 2.88. The van der Waals surface area contributed by atoms with Crippen LogP contribution in [0.1, 0.15) is 29.5 Å². The summed E-state index contributed by atoms with van der Waals surface area (Å²) in [4.78, 5) is 28.3. The summed E-state index contributed by atoms with van der Waals surface area (Å²) >= 11 is 6.19. The Kier molecular flexibility index (Phi) is 10.3. The molecule has 7 nitrogen and oxygen atoms in total. The molecule has 0 saturated heterocycles. The van der Waals surface area contributed by atoms with E-state index in [4.69, 9.17) is 11.6 Å². The third kappa shape index (κ3) is 8.07. The van der Waals surface area contributed by atoms with E-state index in [-0.39, 0.29) is 37.7 Å². The zero-order valence-corrected chi connectivity index (χ0v) is 23.5. The highest BCUT2D eigenvalue weighted by Gasteiger charge is 2.30. The summed E-state index contributed by atoms with van der Waals surface area (Å²) < 4.78 is 26.5. The van der Waals surface area contributed by atoms with E-state index in [1.807, 2.05) is 55.5 Å². The minimum absolute atomic E-state index is 0.0702. The SMILES string of the molecule is CNC(=O)C(Cc1ccccc1)N(Cc1cccc(Cl)c1)C(=O)CCCN(c1ccccc1C)S(C)(=O)=O. The molecule has 38 heavy (non-hydrogen) atoms. The van der Waals surface area contributed by atoms with Crippen molar-refractivity contribution in [3.8, 4) is 0 Å². The number of halogens is 1. The van der Waals surface area contributed by atoms with Crippen molar-refractivity contribution in [2.45, 2.75) is 38.8 Å². The molecular weight excluding hydrogens is 522 g/mol. The number of carbonyl (C=O) groups is 2. The van der Waals surface area contributed by atoms with E-state index >= 15 is 0 Å². The molecule has 0 aliphatic carbocycles. The average molecular weight is 556 g/mol. The van der Waals surface area contributed by atoms with Crippen LogP contribution in [0.25, 0.3) is 0 Å². The first-order valence-electron chi connectivity index (χ1n) is 12.4. The van der Waals surface area contributed by atoms with Crippen LogP contribution in [0.5, 0.6) is 0 Å². The van der Waals surface area contributed by atoms with Gasteiger partial charge < -0.3 is 10.2 Å². The highest BCUT2D eigenvalue weighted by molar-refractivity contribution is 7.92. The summed E-state index contributed by atoms with van der Waals surface area (Å²) in [5.41, 5.74) is 3.14. The summed E-state index contributed by atoms with van der Waals surface area (Å²) in [6.07, 6.45) is 1.86. The number of nitrogens with zero attached hydrogens (tertiary/aromatic N) is 2. The Bertz CT molecular complexity index is 1350. The zero-order valence-electron chi connectivity index (χ0n) is 21.9. The predicted molar refractivity (Wildman–Crippen MR) is 153 cm³/mol. The van der Waals surface area contributed by atoms with Gasteiger partial charge in [0.2, 0.25) is 21.8 Å². The number of para-hydroxylation sites is 1. The number of sulfonamides is 1. The first-order chi connectivity index (χ1) is 18.1. The number of aryl methyl sites for hydroxylation is 1. The molecule has 0 aliphatic rings. The number of nitrogens with one attached hydrogen (secondary N) is 1. The topological polar surface area (TPSA) is 86.8 Å². The highest BCUT2D eigenvalue weighted by Crippen LogP contribution is 2.23. The maximum atomic E-state index is 13.7. The molecule has 1 unspecified atom stereocenters. The number of amides is 2. The molecule has 2 amide bonds. The van der Waals surface area contributed by atoms with E-state index < -0.39 is 16.1 Å². The number of likely N-dealkylation sites (N-methyl/N-ethyl adjacent to an activating group) is 1. The second-order valence-electron chi connectivity index (χ2n) is 9.20. The smallest absolute Gasteiger partial charge is 0.242 e. The molecule has 0 radical (unpaired) electrons. The van der Waals surface area contributed by atoms with E-state index in [1.165, 1.54) is 4.31 Å². The van der Waals surface area contributed by atoms with Crippen LogP contribution in [0, 0.1) is 6.92 Å². The highest BCUT2D eigenvalue weighted by atomic mass is 35.5. The van der Waals surface area contributed by atoms with Crippen molar-refractivity contribution in [3.63, 3.8) is 0 Å². The zero-order chi connectivity index (χ0) is 27.7. The van der Waals surface area contributed by atoms with Crippen LogP contribution in [-0.2, 0) is 32.6 Å². The van der Waals surface area contributed by atoms with Gasteiger partial charge in [-0.15, -0.1) is 0 Å². The molecule has 1 N–H and O–H groups in total. The lowest BCUT2D eigenvalue weighted by atomic mass is 10.0. The van der Waals surface area contributed by atoms with Gasteiger partial charge in [0, 0.05) is 38.0 Å². The van der Waals surface area contributed by atoms with Crippen LogP contribution in [0.15, 0.2) is 78.9 Å². The Morgan fingerprint density at radius 2 is 1.61 bits per heavy atom. The second kappa shape index (κ2) is 13.4. The molecule has 0 fully saturated rings. The van der Waals surface area contributed by atoms with E-state index in [1.54, 1.807) is 42.3 Å². The Hall–Kier alpha value is -3.36. The van der Waals surface area contributed by atoms with Crippen molar-refractivity contribution < 1.29 is 18.0 Å². The van der Waals surface area contributed by atoms with Crippen LogP contribution in [0.3, 0.4) is 0 Å². The van der Waals surface area contributed by atoms with Gasteiger partial charge in [-0.2, -0.15) is 0 Å². The second-order valence-corrected chi connectivity index (χ2v) is 11.5. The van der Waals surface area contributed by atoms with Crippen LogP contribution in [-0.4, -0.2) is 51.0 Å². The minimum atomic E-state index is -3.56. The molecule has 3 aromatic carbocycles. The normalized spacial score (nSPS) is 12.0. The van der Waals surface area contributed by atoms with Crippen LogP contribution in [0.4, 0.5) is 5.69 Å². The number of rotatable bonds is 12. The molecule has 0 spiro atoms. The van der Waals surface area contributed by atoms with Crippen LogP contribution < -0.4 is 9.62 Å². The minimum Gasteiger partial charge on any atom is -0.357 e. The molecule has 0 saturated carbocycles. The molecule has 3 rings (SSSR count). The van der Waals surface area contributed by atoms with E-state index in [9.17, 15) is 18.0 Å². The third-order valence-corrected chi connectivity index (χ3v) is 7.71. The quantitative estimate of drug-likeness (QED) is 0.354. The summed E-state index contributed by atoms with van der Waals surface area (Å²) in [6.45, 7) is 2.19. The molecular formula is C29H34ClN3O4S. The van der Waals surface area contributed by atoms with Gasteiger partial charge >= 0.3 is 0 Å². The van der Waals surface area contributed by atoms with E-state index in [0.29, 0.717) is 17.1 Å². The van der Waals surface area contributed by atoms with Gasteiger partial charge in [-0.05, 0) is 48.2 Å². The van der Waals surface area contributed by atoms with Crippen molar-refractivity contribution in [2.24, 2.45) is 0 Å². The summed E-state index contributed by atoms with van der Waals surface area (Å²) in [6, 6.07) is 23.2. The number of anilines is 1. The Morgan fingerprint density at radius 1 is 0.947 bits per heavy atom.